The molecule has 0 aliphatic rings. The molecule has 2 aromatic rings. The van der Waals surface area contributed by atoms with Crippen LogP contribution in [-0.4, -0.2) is 26.8 Å². The number of tetrazole rings is 1. The Kier molecular flexibility index (Phi) is 4.04. The average Bonchev–Trinajstić information content (AvgIpc) is 2.75. The number of hydrogen-bond acceptors (Lipinski definition) is 4. The summed E-state index contributed by atoms with van der Waals surface area (Å²) < 4.78 is 0. The van der Waals surface area contributed by atoms with Crippen molar-refractivity contribution >= 4 is 0 Å². The summed E-state index contributed by atoms with van der Waals surface area (Å²) in [4.78, 5) is 1.49. The van der Waals surface area contributed by atoms with Gasteiger partial charge in [0.25, 0.3) is 0 Å². The third kappa shape index (κ3) is 3.13. The van der Waals surface area contributed by atoms with E-state index < -0.39 is 0 Å². The Hall–Kier alpha value is -1.75. The largest absolute Gasteiger partial charge is 0.310 e. The standard InChI is InChI=1S/C13H19N5/c1-4-14-12(9-13-15-17-18(3)16-13)11-7-5-10(2)6-8-11/h5-8,12,14H,4,9H2,1-3H3. The van der Waals surface area contributed by atoms with E-state index >= 15 is 0 Å². The lowest BCUT2D eigenvalue weighted by Gasteiger charge is -2.16. The molecule has 0 saturated heterocycles. The fraction of sp³-hybridized carbons (Fsp3) is 0.462. The van der Waals surface area contributed by atoms with Crippen LogP contribution in [0, 0.1) is 6.92 Å². The summed E-state index contributed by atoms with van der Waals surface area (Å²) in [5.41, 5.74) is 2.53. The van der Waals surface area contributed by atoms with Gasteiger partial charge in [-0.3, -0.25) is 0 Å². The lowest BCUT2D eigenvalue weighted by molar-refractivity contribution is 0.534. The summed E-state index contributed by atoms with van der Waals surface area (Å²) in [5.74, 6) is 0.768. The zero-order valence-electron chi connectivity index (χ0n) is 11.1. The molecule has 5 heteroatoms. The third-order valence-electron chi connectivity index (χ3n) is 2.87. The van der Waals surface area contributed by atoms with Crippen LogP contribution in [0.2, 0.25) is 0 Å². The van der Waals surface area contributed by atoms with Crippen LogP contribution in [-0.2, 0) is 13.5 Å². The highest BCUT2D eigenvalue weighted by Crippen LogP contribution is 2.17. The number of rotatable bonds is 5. The van der Waals surface area contributed by atoms with Crippen LogP contribution in [0.25, 0.3) is 0 Å². The number of benzene rings is 1. The van der Waals surface area contributed by atoms with E-state index in [1.807, 2.05) is 0 Å². The molecule has 0 aliphatic heterocycles. The van der Waals surface area contributed by atoms with E-state index in [0.717, 1.165) is 18.8 Å². The van der Waals surface area contributed by atoms with E-state index in [1.165, 1.54) is 15.9 Å². The number of nitrogens with one attached hydrogen (secondary N) is 1. The smallest absolute Gasteiger partial charge is 0.176 e. The van der Waals surface area contributed by atoms with E-state index in [0.29, 0.717) is 0 Å². The summed E-state index contributed by atoms with van der Waals surface area (Å²) in [7, 11) is 1.78. The highest BCUT2D eigenvalue weighted by molar-refractivity contribution is 5.24. The monoisotopic (exact) mass is 245 g/mol. The van der Waals surface area contributed by atoms with Crippen molar-refractivity contribution in [3.8, 4) is 0 Å². The molecule has 1 N–H and O–H groups in total. The summed E-state index contributed by atoms with van der Waals surface area (Å²) in [6.45, 7) is 5.11. The first-order valence-electron chi connectivity index (χ1n) is 6.22. The number of aryl methyl sites for hydroxylation is 2. The Morgan fingerprint density at radius 1 is 1.28 bits per heavy atom. The van der Waals surface area contributed by atoms with Crippen molar-refractivity contribution in [2.75, 3.05) is 6.54 Å². The van der Waals surface area contributed by atoms with Crippen LogP contribution in [0.15, 0.2) is 24.3 Å². The molecule has 18 heavy (non-hydrogen) atoms. The minimum atomic E-state index is 0.236. The zero-order chi connectivity index (χ0) is 13.0. The second-order valence-electron chi connectivity index (χ2n) is 4.42. The van der Waals surface area contributed by atoms with Gasteiger partial charge in [0, 0.05) is 12.5 Å². The van der Waals surface area contributed by atoms with Crippen molar-refractivity contribution in [1.82, 2.24) is 25.5 Å². The van der Waals surface area contributed by atoms with Crippen molar-refractivity contribution in [2.24, 2.45) is 7.05 Å². The number of nitrogens with zero attached hydrogens (tertiary/aromatic N) is 4. The number of hydrogen-bond donors (Lipinski definition) is 1. The second-order valence-corrected chi connectivity index (χ2v) is 4.42. The summed E-state index contributed by atoms with van der Waals surface area (Å²) in [5, 5.41) is 15.6. The lowest BCUT2D eigenvalue weighted by atomic mass is 10.0. The van der Waals surface area contributed by atoms with Crippen molar-refractivity contribution in [1.29, 1.82) is 0 Å². The van der Waals surface area contributed by atoms with Gasteiger partial charge in [0.05, 0.1) is 7.05 Å². The third-order valence-corrected chi connectivity index (χ3v) is 2.87. The van der Waals surface area contributed by atoms with Gasteiger partial charge in [-0.2, -0.15) is 4.80 Å². The van der Waals surface area contributed by atoms with Gasteiger partial charge in [-0.15, -0.1) is 10.2 Å². The normalized spacial score (nSPS) is 12.6. The average molecular weight is 245 g/mol. The Morgan fingerprint density at radius 3 is 2.56 bits per heavy atom. The van der Waals surface area contributed by atoms with E-state index in [4.69, 9.17) is 0 Å². The van der Waals surface area contributed by atoms with Crippen molar-refractivity contribution in [3.63, 3.8) is 0 Å². The molecular formula is C13H19N5. The van der Waals surface area contributed by atoms with Crippen LogP contribution in [0.4, 0.5) is 0 Å². The molecule has 0 aliphatic carbocycles. The van der Waals surface area contributed by atoms with Crippen LogP contribution in [0.3, 0.4) is 0 Å². The van der Waals surface area contributed by atoms with Crippen molar-refractivity contribution in [3.05, 3.63) is 41.2 Å². The number of aromatic nitrogens is 4. The number of likely N-dealkylation sites (N-methyl/N-ethyl adjacent to an activating group) is 1. The van der Waals surface area contributed by atoms with Gasteiger partial charge >= 0.3 is 0 Å². The van der Waals surface area contributed by atoms with E-state index in [9.17, 15) is 0 Å². The molecule has 0 amide bonds. The first-order valence-corrected chi connectivity index (χ1v) is 6.22. The first-order chi connectivity index (χ1) is 8.69. The topological polar surface area (TPSA) is 55.6 Å². The molecule has 5 nitrogen and oxygen atoms in total. The Bertz CT molecular complexity index is 488. The van der Waals surface area contributed by atoms with E-state index in [-0.39, 0.29) is 6.04 Å². The quantitative estimate of drug-likeness (QED) is 0.865. The van der Waals surface area contributed by atoms with Gasteiger partial charge in [0.15, 0.2) is 5.82 Å². The first kappa shape index (κ1) is 12.7. The van der Waals surface area contributed by atoms with Crippen LogP contribution in [0.5, 0.6) is 0 Å². The van der Waals surface area contributed by atoms with Gasteiger partial charge in [0.1, 0.15) is 0 Å². The van der Waals surface area contributed by atoms with Gasteiger partial charge < -0.3 is 5.32 Å². The van der Waals surface area contributed by atoms with Crippen molar-refractivity contribution in [2.45, 2.75) is 26.3 Å². The molecule has 1 aromatic heterocycles. The molecule has 0 fully saturated rings. The van der Waals surface area contributed by atoms with Gasteiger partial charge in [0.2, 0.25) is 0 Å². The van der Waals surface area contributed by atoms with Gasteiger partial charge in [-0.1, -0.05) is 36.8 Å². The van der Waals surface area contributed by atoms with Crippen LogP contribution < -0.4 is 5.32 Å². The maximum Gasteiger partial charge on any atom is 0.176 e. The van der Waals surface area contributed by atoms with E-state index in [2.05, 4.69) is 58.8 Å². The highest BCUT2D eigenvalue weighted by atomic mass is 15.6. The molecule has 0 spiro atoms. The summed E-state index contributed by atoms with van der Waals surface area (Å²) >= 11 is 0. The van der Waals surface area contributed by atoms with Gasteiger partial charge in [-0.05, 0) is 24.2 Å². The molecule has 0 bridgehead atoms. The second kappa shape index (κ2) is 5.73. The maximum atomic E-state index is 4.23. The molecule has 0 radical (unpaired) electrons. The Balaban J connectivity index is 2.14. The van der Waals surface area contributed by atoms with Crippen LogP contribution >= 0.6 is 0 Å². The lowest BCUT2D eigenvalue weighted by Crippen LogP contribution is -2.23. The minimum absolute atomic E-state index is 0.236. The predicted octanol–water partition coefficient (Wildman–Crippen LogP) is 1.41. The van der Waals surface area contributed by atoms with Gasteiger partial charge in [-0.25, -0.2) is 0 Å². The maximum absolute atomic E-state index is 4.23. The SMILES string of the molecule is CCNC(Cc1nnn(C)n1)c1ccc(C)cc1. The Morgan fingerprint density at radius 2 is 2.00 bits per heavy atom. The fourth-order valence-electron chi connectivity index (χ4n) is 1.94. The summed E-state index contributed by atoms with van der Waals surface area (Å²) in [6.07, 6.45) is 0.755. The molecule has 1 heterocycles. The van der Waals surface area contributed by atoms with Crippen LogP contribution in [0.1, 0.15) is 29.9 Å². The molecular weight excluding hydrogens is 226 g/mol. The Labute approximate surface area is 107 Å². The minimum Gasteiger partial charge on any atom is -0.310 e. The molecule has 1 unspecified atom stereocenters. The zero-order valence-corrected chi connectivity index (χ0v) is 11.1. The van der Waals surface area contributed by atoms with E-state index in [1.54, 1.807) is 7.05 Å². The summed E-state index contributed by atoms with van der Waals surface area (Å²) in [6, 6.07) is 8.80. The molecule has 0 saturated carbocycles. The predicted molar refractivity (Wildman–Crippen MR) is 70.1 cm³/mol. The molecule has 2 rings (SSSR count). The molecule has 1 atom stereocenters. The molecule has 96 valence electrons. The molecule has 1 aromatic carbocycles. The van der Waals surface area contributed by atoms with Crippen molar-refractivity contribution < 1.29 is 0 Å². The fourth-order valence-corrected chi connectivity index (χ4v) is 1.94. The highest BCUT2D eigenvalue weighted by Gasteiger charge is 2.13.